The lowest BCUT2D eigenvalue weighted by atomic mass is 10.1. The van der Waals surface area contributed by atoms with Crippen LogP contribution in [0.4, 0.5) is 16.8 Å². The molecule has 5 heterocycles. The van der Waals surface area contributed by atoms with Gasteiger partial charge in [-0.15, -0.1) is 11.3 Å². The number of hydrogen-bond acceptors (Lipinski definition) is 11. The highest BCUT2D eigenvalue weighted by molar-refractivity contribution is 7.13. The molecule has 6 rings (SSSR count). The smallest absolute Gasteiger partial charge is 0.294 e. The second-order valence-electron chi connectivity index (χ2n) is 8.92. The SMILES string of the molecule is CC[C@H](Nc1nccc2[nH]cnc12)c1nc(N2CCN(c3nc(C(=O)NO)cs3)CC2)c2ccccc2n1. The van der Waals surface area contributed by atoms with Crippen molar-refractivity contribution in [2.75, 3.05) is 41.3 Å². The van der Waals surface area contributed by atoms with E-state index in [1.54, 1.807) is 23.4 Å². The summed E-state index contributed by atoms with van der Waals surface area (Å²) in [5.41, 5.74) is 4.43. The fourth-order valence-electron chi connectivity index (χ4n) is 4.64. The molecule has 5 aromatic rings. The number of nitrogens with one attached hydrogen (secondary N) is 3. The number of carbonyl (C=O) groups excluding carboxylic acids is 1. The number of benzene rings is 1. The third-order valence-corrected chi connectivity index (χ3v) is 7.55. The number of hydroxylamine groups is 1. The Morgan fingerprint density at radius 1 is 1.11 bits per heavy atom. The average molecular weight is 531 g/mol. The summed E-state index contributed by atoms with van der Waals surface area (Å²) in [4.78, 5) is 42.5. The van der Waals surface area contributed by atoms with Gasteiger partial charge in [-0.3, -0.25) is 10.0 Å². The van der Waals surface area contributed by atoms with Gasteiger partial charge in [0.2, 0.25) is 0 Å². The van der Waals surface area contributed by atoms with Crippen molar-refractivity contribution in [2.45, 2.75) is 19.4 Å². The molecule has 0 spiro atoms. The van der Waals surface area contributed by atoms with Crippen molar-refractivity contribution in [2.24, 2.45) is 0 Å². The fraction of sp³-hybridized carbons (Fsp3) is 0.280. The minimum Gasteiger partial charge on any atom is -0.358 e. The molecule has 1 atom stereocenters. The number of thiazole rings is 1. The van der Waals surface area contributed by atoms with Crippen molar-refractivity contribution in [3.63, 3.8) is 0 Å². The fourth-order valence-corrected chi connectivity index (χ4v) is 5.50. The Balaban J connectivity index is 1.27. The summed E-state index contributed by atoms with van der Waals surface area (Å²) in [6.45, 7) is 5.02. The molecule has 1 saturated heterocycles. The first-order valence-electron chi connectivity index (χ1n) is 12.4. The maximum Gasteiger partial charge on any atom is 0.294 e. The monoisotopic (exact) mass is 530 g/mol. The van der Waals surface area contributed by atoms with Crippen LogP contribution in [0.3, 0.4) is 0 Å². The van der Waals surface area contributed by atoms with Crippen LogP contribution in [-0.2, 0) is 0 Å². The third-order valence-electron chi connectivity index (χ3n) is 6.65. The minimum absolute atomic E-state index is 0.152. The summed E-state index contributed by atoms with van der Waals surface area (Å²) >= 11 is 1.39. The number of carbonyl (C=O) groups is 1. The van der Waals surface area contributed by atoms with E-state index in [9.17, 15) is 4.79 Å². The minimum atomic E-state index is -0.607. The molecule has 4 aromatic heterocycles. The molecule has 1 aromatic carbocycles. The number of aromatic amines is 1. The van der Waals surface area contributed by atoms with Crippen LogP contribution in [0.1, 0.15) is 35.7 Å². The molecule has 38 heavy (non-hydrogen) atoms. The lowest BCUT2D eigenvalue weighted by Gasteiger charge is -2.36. The lowest BCUT2D eigenvalue weighted by molar-refractivity contribution is 0.0701. The topological polar surface area (TPSA) is 148 Å². The Hall–Kier alpha value is -4.36. The zero-order valence-corrected chi connectivity index (χ0v) is 21.4. The van der Waals surface area contributed by atoms with E-state index in [0.717, 1.165) is 65.5 Å². The molecule has 1 fully saturated rings. The van der Waals surface area contributed by atoms with Gasteiger partial charge in [0.05, 0.1) is 23.4 Å². The Labute approximate surface area is 221 Å². The van der Waals surface area contributed by atoms with Crippen LogP contribution < -0.4 is 20.6 Å². The largest absolute Gasteiger partial charge is 0.358 e. The summed E-state index contributed by atoms with van der Waals surface area (Å²) in [5, 5.41) is 15.8. The lowest BCUT2D eigenvalue weighted by Crippen LogP contribution is -2.47. The molecule has 0 unspecified atom stereocenters. The van der Waals surface area contributed by atoms with Crippen molar-refractivity contribution < 1.29 is 10.0 Å². The number of nitrogens with zero attached hydrogens (tertiary/aromatic N) is 7. The van der Waals surface area contributed by atoms with Gasteiger partial charge in [-0.1, -0.05) is 19.1 Å². The van der Waals surface area contributed by atoms with E-state index in [2.05, 4.69) is 48.0 Å². The molecule has 0 radical (unpaired) electrons. The summed E-state index contributed by atoms with van der Waals surface area (Å²) in [6, 6.07) is 9.81. The van der Waals surface area contributed by atoms with Gasteiger partial charge in [0.1, 0.15) is 17.0 Å². The van der Waals surface area contributed by atoms with E-state index >= 15 is 0 Å². The maximum atomic E-state index is 11.7. The third kappa shape index (κ3) is 4.46. The molecule has 1 amide bonds. The molecule has 1 aliphatic rings. The molecule has 0 bridgehead atoms. The van der Waals surface area contributed by atoms with Crippen LogP contribution >= 0.6 is 11.3 Å². The molecule has 0 aliphatic carbocycles. The molecule has 1 aliphatic heterocycles. The van der Waals surface area contributed by atoms with Gasteiger partial charge < -0.3 is 20.1 Å². The molecular weight excluding hydrogens is 504 g/mol. The van der Waals surface area contributed by atoms with Crippen LogP contribution in [-0.4, -0.2) is 67.2 Å². The summed E-state index contributed by atoms with van der Waals surface area (Å²) in [6.07, 6.45) is 4.18. The van der Waals surface area contributed by atoms with Gasteiger partial charge >= 0.3 is 0 Å². The number of H-pyrrole nitrogens is 1. The highest BCUT2D eigenvalue weighted by Crippen LogP contribution is 2.30. The number of piperazine rings is 1. The Morgan fingerprint density at radius 3 is 2.74 bits per heavy atom. The van der Waals surface area contributed by atoms with E-state index in [1.165, 1.54) is 11.3 Å². The molecular formula is C25H26N10O2S. The van der Waals surface area contributed by atoms with E-state index in [-0.39, 0.29) is 11.7 Å². The molecule has 0 saturated carbocycles. The highest BCUT2D eigenvalue weighted by atomic mass is 32.1. The van der Waals surface area contributed by atoms with Crippen LogP contribution in [0.5, 0.6) is 0 Å². The predicted molar refractivity (Wildman–Crippen MR) is 146 cm³/mol. The van der Waals surface area contributed by atoms with Gasteiger partial charge in [-0.05, 0) is 24.6 Å². The van der Waals surface area contributed by atoms with Crippen molar-refractivity contribution >= 4 is 55.9 Å². The first-order valence-corrected chi connectivity index (χ1v) is 13.2. The van der Waals surface area contributed by atoms with E-state index < -0.39 is 5.91 Å². The second kappa shape index (κ2) is 10.2. The van der Waals surface area contributed by atoms with E-state index in [0.29, 0.717) is 11.6 Å². The highest BCUT2D eigenvalue weighted by Gasteiger charge is 2.25. The zero-order valence-electron chi connectivity index (χ0n) is 20.6. The van der Waals surface area contributed by atoms with Crippen LogP contribution in [0.25, 0.3) is 21.9 Å². The molecule has 13 heteroatoms. The Bertz CT molecular complexity index is 1590. The normalized spacial score (nSPS) is 14.7. The van der Waals surface area contributed by atoms with Gasteiger partial charge in [0.25, 0.3) is 5.91 Å². The molecule has 4 N–H and O–H groups in total. The Morgan fingerprint density at radius 2 is 1.92 bits per heavy atom. The van der Waals surface area contributed by atoms with Crippen molar-refractivity contribution in [1.29, 1.82) is 0 Å². The first kappa shape index (κ1) is 24.0. The number of fused-ring (bicyclic) bond motifs is 2. The van der Waals surface area contributed by atoms with Crippen molar-refractivity contribution in [3.05, 3.63) is 59.8 Å². The second-order valence-corrected chi connectivity index (χ2v) is 9.75. The van der Waals surface area contributed by atoms with Crippen molar-refractivity contribution in [3.8, 4) is 0 Å². The van der Waals surface area contributed by atoms with Gasteiger partial charge in [-0.25, -0.2) is 30.4 Å². The van der Waals surface area contributed by atoms with Crippen molar-refractivity contribution in [1.82, 2.24) is 35.4 Å². The number of rotatable bonds is 7. The van der Waals surface area contributed by atoms with E-state index in [4.69, 9.17) is 15.2 Å². The van der Waals surface area contributed by atoms with E-state index in [1.807, 2.05) is 24.3 Å². The van der Waals surface area contributed by atoms with Gasteiger partial charge in [0.15, 0.2) is 16.8 Å². The number of para-hydroxylation sites is 1. The number of hydrogen-bond donors (Lipinski definition) is 4. The number of anilines is 3. The number of pyridine rings is 1. The van der Waals surface area contributed by atoms with Gasteiger partial charge in [0, 0.05) is 43.1 Å². The van der Waals surface area contributed by atoms with Crippen LogP contribution in [0.15, 0.2) is 48.2 Å². The Kier molecular flexibility index (Phi) is 6.43. The van der Waals surface area contributed by atoms with Crippen LogP contribution in [0, 0.1) is 0 Å². The first-order chi connectivity index (χ1) is 18.6. The number of imidazole rings is 1. The number of amides is 1. The predicted octanol–water partition coefficient (Wildman–Crippen LogP) is 3.37. The maximum absolute atomic E-state index is 11.7. The number of aromatic nitrogens is 6. The zero-order chi connectivity index (χ0) is 26.1. The molecule has 12 nitrogen and oxygen atoms in total. The van der Waals surface area contributed by atoms with Crippen LogP contribution in [0.2, 0.25) is 0 Å². The summed E-state index contributed by atoms with van der Waals surface area (Å²) in [5.74, 6) is 1.69. The van der Waals surface area contributed by atoms with Gasteiger partial charge in [-0.2, -0.15) is 0 Å². The quantitative estimate of drug-likeness (QED) is 0.182. The molecule has 194 valence electrons. The standard InChI is InChI=1S/C25H26N10O2S/c1-2-16(29-22-20-18(7-8-26-22)27-14-28-20)21-30-17-6-4-3-5-15(17)23(32-21)34-9-11-35(12-10-34)25-31-19(13-38-25)24(36)33-37/h3-8,13-14,16,37H,2,9-12H2,1H3,(H,26,29)(H,27,28)(H,33,36)/t16-/m0/s1. The average Bonchev–Trinajstić information content (AvgIpc) is 3.66. The summed E-state index contributed by atoms with van der Waals surface area (Å²) < 4.78 is 0. The summed E-state index contributed by atoms with van der Waals surface area (Å²) in [7, 11) is 0.